The molecule has 0 spiro atoms. The van der Waals surface area contributed by atoms with Gasteiger partial charge in [0.25, 0.3) is 5.69 Å². The number of benzene rings is 1. The number of furan rings is 1. The zero-order valence-corrected chi connectivity index (χ0v) is 9.29. The summed E-state index contributed by atoms with van der Waals surface area (Å²) >= 11 is 0. The molecule has 0 saturated carbocycles. The molecule has 0 aliphatic rings. The van der Waals surface area contributed by atoms with Crippen molar-refractivity contribution in [2.75, 3.05) is 0 Å². The molecule has 2 rings (SSSR count). The second-order valence-electron chi connectivity index (χ2n) is 3.54. The number of carbonyl (C=O) groups excluding carboxylic acids is 1. The van der Waals surface area contributed by atoms with E-state index in [2.05, 4.69) is 0 Å². The van der Waals surface area contributed by atoms with Gasteiger partial charge in [-0.2, -0.15) is 5.26 Å². The average molecular weight is 260 g/mol. The van der Waals surface area contributed by atoms with Gasteiger partial charge in [0.05, 0.1) is 16.1 Å². The van der Waals surface area contributed by atoms with Crippen LogP contribution in [0, 0.1) is 27.3 Å². The van der Waals surface area contributed by atoms with Crippen molar-refractivity contribution in [3.63, 3.8) is 0 Å². The van der Waals surface area contributed by atoms with Crippen LogP contribution in [0.1, 0.15) is 16.1 Å². The lowest BCUT2D eigenvalue weighted by Gasteiger charge is -2.01. The van der Waals surface area contributed by atoms with Crippen LogP contribution in [-0.4, -0.2) is 11.2 Å². The fourth-order valence-corrected chi connectivity index (χ4v) is 1.56. The second kappa shape index (κ2) is 4.70. The smallest absolute Gasteiger partial charge is 0.281 e. The summed E-state index contributed by atoms with van der Waals surface area (Å²) in [6, 6.07) is 5.81. The van der Waals surface area contributed by atoms with Gasteiger partial charge < -0.3 is 4.42 Å². The molecule has 1 heterocycles. The molecule has 0 aliphatic carbocycles. The molecule has 0 bridgehead atoms. The van der Waals surface area contributed by atoms with Crippen LogP contribution in [0.25, 0.3) is 11.3 Å². The maximum atomic E-state index is 13.5. The largest absolute Gasteiger partial charge is 0.453 e. The number of nitrogens with zero attached hydrogens (tertiary/aromatic N) is 2. The first kappa shape index (κ1) is 12.4. The predicted molar refractivity (Wildman–Crippen MR) is 60.9 cm³/mol. The van der Waals surface area contributed by atoms with Crippen molar-refractivity contribution in [3.8, 4) is 17.4 Å². The number of nitro groups is 1. The first-order chi connectivity index (χ1) is 9.06. The van der Waals surface area contributed by atoms with E-state index in [4.69, 9.17) is 9.68 Å². The minimum absolute atomic E-state index is 0.0165. The van der Waals surface area contributed by atoms with Gasteiger partial charge in [-0.1, -0.05) is 0 Å². The number of aldehydes is 1. The van der Waals surface area contributed by atoms with E-state index in [1.165, 1.54) is 18.2 Å². The molecule has 6 nitrogen and oxygen atoms in total. The minimum Gasteiger partial charge on any atom is -0.453 e. The summed E-state index contributed by atoms with van der Waals surface area (Å²) in [5, 5.41) is 19.6. The van der Waals surface area contributed by atoms with Crippen LogP contribution in [-0.2, 0) is 0 Å². The molecule has 0 aliphatic heterocycles. The first-order valence-corrected chi connectivity index (χ1v) is 5.00. The van der Waals surface area contributed by atoms with E-state index in [0.717, 1.165) is 12.1 Å². The summed E-state index contributed by atoms with van der Waals surface area (Å²) < 4.78 is 18.5. The van der Waals surface area contributed by atoms with E-state index in [1.54, 1.807) is 0 Å². The SMILES string of the molecule is N#Cc1cc([N+](=O)[O-])c(-c2ccc(C=O)o2)cc1F. The number of hydrogen-bond donors (Lipinski definition) is 0. The molecular weight excluding hydrogens is 255 g/mol. The topological polar surface area (TPSA) is 97.1 Å². The molecule has 0 N–H and O–H groups in total. The lowest BCUT2D eigenvalue weighted by molar-refractivity contribution is -0.384. The second-order valence-corrected chi connectivity index (χ2v) is 3.54. The summed E-state index contributed by atoms with van der Waals surface area (Å²) in [6.45, 7) is 0. The van der Waals surface area contributed by atoms with Crippen molar-refractivity contribution in [2.45, 2.75) is 0 Å². The quantitative estimate of drug-likeness (QED) is 0.480. The van der Waals surface area contributed by atoms with Crippen molar-refractivity contribution in [1.82, 2.24) is 0 Å². The van der Waals surface area contributed by atoms with Gasteiger partial charge in [-0.05, 0) is 18.2 Å². The summed E-state index contributed by atoms with van der Waals surface area (Å²) in [7, 11) is 0. The summed E-state index contributed by atoms with van der Waals surface area (Å²) in [5.41, 5.74) is -1.03. The molecule has 0 saturated heterocycles. The van der Waals surface area contributed by atoms with E-state index in [-0.39, 0.29) is 17.1 Å². The lowest BCUT2D eigenvalue weighted by atomic mass is 10.1. The number of nitro benzene ring substituents is 1. The highest BCUT2D eigenvalue weighted by Crippen LogP contribution is 2.33. The van der Waals surface area contributed by atoms with Crippen LogP contribution >= 0.6 is 0 Å². The molecule has 94 valence electrons. The van der Waals surface area contributed by atoms with Crippen molar-refractivity contribution in [3.05, 3.63) is 51.5 Å². The lowest BCUT2D eigenvalue weighted by Crippen LogP contribution is -1.95. The number of hydrogen-bond acceptors (Lipinski definition) is 5. The predicted octanol–water partition coefficient (Wildman–Crippen LogP) is 2.68. The van der Waals surface area contributed by atoms with Gasteiger partial charge in [0.1, 0.15) is 17.6 Å². The maximum absolute atomic E-state index is 13.5. The number of halogens is 1. The molecule has 1 aromatic carbocycles. The highest BCUT2D eigenvalue weighted by molar-refractivity contribution is 5.76. The Hall–Kier alpha value is -3.01. The van der Waals surface area contributed by atoms with Gasteiger partial charge in [-0.25, -0.2) is 4.39 Å². The van der Waals surface area contributed by atoms with Crippen LogP contribution in [0.15, 0.2) is 28.7 Å². The Morgan fingerprint density at radius 1 is 1.42 bits per heavy atom. The Bertz CT molecular complexity index is 715. The van der Waals surface area contributed by atoms with Gasteiger partial charge >= 0.3 is 0 Å². The van der Waals surface area contributed by atoms with Gasteiger partial charge in [0.2, 0.25) is 0 Å². The minimum atomic E-state index is -0.896. The third-order valence-corrected chi connectivity index (χ3v) is 2.41. The van der Waals surface area contributed by atoms with Crippen LogP contribution in [0.3, 0.4) is 0 Å². The zero-order chi connectivity index (χ0) is 14.0. The maximum Gasteiger partial charge on any atom is 0.281 e. The third-order valence-electron chi connectivity index (χ3n) is 2.41. The van der Waals surface area contributed by atoms with Crippen LogP contribution in [0.2, 0.25) is 0 Å². The normalized spacial score (nSPS) is 9.89. The van der Waals surface area contributed by atoms with Crippen molar-refractivity contribution in [1.29, 1.82) is 5.26 Å². The Labute approximate surface area is 105 Å². The Kier molecular flexibility index (Phi) is 3.08. The molecule has 0 radical (unpaired) electrons. The van der Waals surface area contributed by atoms with Gasteiger partial charge in [0.15, 0.2) is 12.0 Å². The number of rotatable bonds is 3. The van der Waals surface area contributed by atoms with Crippen molar-refractivity contribution in [2.24, 2.45) is 0 Å². The number of carbonyl (C=O) groups is 1. The van der Waals surface area contributed by atoms with Gasteiger partial charge in [-0.3, -0.25) is 14.9 Å². The summed E-state index contributed by atoms with van der Waals surface area (Å²) in [4.78, 5) is 20.7. The molecule has 1 aromatic heterocycles. The highest BCUT2D eigenvalue weighted by Gasteiger charge is 2.22. The molecule has 0 fully saturated rings. The van der Waals surface area contributed by atoms with Gasteiger partial charge in [0, 0.05) is 6.07 Å². The first-order valence-electron chi connectivity index (χ1n) is 5.00. The van der Waals surface area contributed by atoms with Crippen molar-refractivity contribution < 1.29 is 18.5 Å². The molecule has 19 heavy (non-hydrogen) atoms. The molecule has 7 heteroatoms. The van der Waals surface area contributed by atoms with Crippen LogP contribution < -0.4 is 0 Å². The van der Waals surface area contributed by atoms with Crippen molar-refractivity contribution >= 4 is 12.0 Å². The zero-order valence-electron chi connectivity index (χ0n) is 9.29. The van der Waals surface area contributed by atoms with E-state index in [1.807, 2.05) is 0 Å². The standard InChI is InChI=1S/C12H5FN2O4/c13-10-4-9(12-2-1-8(6-16)19-12)11(15(17)18)3-7(10)5-14/h1-4,6H. The Morgan fingerprint density at radius 2 is 2.16 bits per heavy atom. The summed E-state index contributed by atoms with van der Waals surface area (Å²) in [5.74, 6) is -0.946. The molecule has 0 amide bonds. The Morgan fingerprint density at radius 3 is 2.68 bits per heavy atom. The Balaban J connectivity index is 2.68. The van der Waals surface area contributed by atoms with E-state index >= 15 is 0 Å². The van der Waals surface area contributed by atoms with Crippen LogP contribution in [0.4, 0.5) is 10.1 Å². The highest BCUT2D eigenvalue weighted by atomic mass is 19.1. The van der Waals surface area contributed by atoms with E-state index in [0.29, 0.717) is 6.29 Å². The number of nitriles is 1. The summed E-state index contributed by atoms with van der Waals surface area (Å²) in [6.07, 6.45) is 0.426. The molecule has 0 atom stereocenters. The fraction of sp³-hybridized carbons (Fsp3) is 0. The third kappa shape index (κ3) is 2.19. The van der Waals surface area contributed by atoms with Gasteiger partial charge in [-0.15, -0.1) is 0 Å². The van der Waals surface area contributed by atoms with Crippen LogP contribution in [0.5, 0.6) is 0 Å². The van der Waals surface area contributed by atoms with E-state index < -0.39 is 22.0 Å². The monoisotopic (exact) mass is 260 g/mol. The average Bonchev–Trinajstić information content (AvgIpc) is 2.86. The molecular formula is C12H5FN2O4. The van der Waals surface area contributed by atoms with E-state index in [9.17, 15) is 19.3 Å². The molecule has 0 unspecified atom stereocenters. The molecule has 2 aromatic rings. The fourth-order valence-electron chi connectivity index (χ4n) is 1.56.